The van der Waals surface area contributed by atoms with E-state index in [1.165, 1.54) is 10.9 Å². The number of para-hydroxylation sites is 1. The first-order chi connectivity index (χ1) is 12.1. The quantitative estimate of drug-likeness (QED) is 0.719. The van der Waals surface area contributed by atoms with Crippen molar-refractivity contribution >= 4 is 33.2 Å². The smallest absolute Gasteiger partial charge is 0.348 e. The Balaban J connectivity index is 2.12. The lowest BCUT2D eigenvalue weighted by Gasteiger charge is -2.08. The van der Waals surface area contributed by atoms with E-state index in [9.17, 15) is 14.9 Å². The molecule has 1 aromatic carbocycles. The minimum atomic E-state index is -0.558. The van der Waals surface area contributed by atoms with Gasteiger partial charge in [0.2, 0.25) is 0 Å². The molecule has 2 heterocycles. The van der Waals surface area contributed by atoms with Crippen LogP contribution in [0, 0.1) is 11.3 Å². The van der Waals surface area contributed by atoms with E-state index in [-0.39, 0.29) is 34.2 Å². The Kier molecular flexibility index (Phi) is 4.50. The maximum Gasteiger partial charge on any atom is 0.348 e. The van der Waals surface area contributed by atoms with Crippen molar-refractivity contribution in [3.63, 3.8) is 0 Å². The van der Waals surface area contributed by atoms with Gasteiger partial charge in [0.05, 0.1) is 35.9 Å². The number of nitrogens with zero attached hydrogens (tertiary/aromatic N) is 3. The van der Waals surface area contributed by atoms with E-state index in [0.29, 0.717) is 16.5 Å². The van der Waals surface area contributed by atoms with Gasteiger partial charge in [0.15, 0.2) is 0 Å². The number of carbonyl (C=O) groups is 1. The molecule has 0 radical (unpaired) electrons. The van der Waals surface area contributed by atoms with Crippen molar-refractivity contribution in [3.05, 3.63) is 57.0 Å². The van der Waals surface area contributed by atoms with Crippen LogP contribution in [0.4, 0.5) is 5.00 Å². The number of nitriles is 1. The summed E-state index contributed by atoms with van der Waals surface area (Å²) < 4.78 is 6.38. The average molecular weight is 354 g/mol. The summed E-state index contributed by atoms with van der Waals surface area (Å²) >= 11 is 0.987. The molecule has 7 nitrogen and oxygen atoms in total. The van der Waals surface area contributed by atoms with Crippen molar-refractivity contribution in [2.45, 2.75) is 13.5 Å². The van der Waals surface area contributed by atoms with Crippen LogP contribution < -0.4 is 11.3 Å². The van der Waals surface area contributed by atoms with E-state index >= 15 is 0 Å². The molecule has 0 unspecified atom stereocenters. The highest BCUT2D eigenvalue weighted by atomic mass is 32.1. The second kappa shape index (κ2) is 6.75. The maximum atomic E-state index is 12.6. The van der Waals surface area contributed by atoms with Crippen molar-refractivity contribution < 1.29 is 9.53 Å². The van der Waals surface area contributed by atoms with Gasteiger partial charge in [-0.2, -0.15) is 5.26 Å². The number of benzene rings is 1. The molecule has 2 N–H and O–H groups in total. The highest BCUT2D eigenvalue weighted by Crippen LogP contribution is 2.31. The maximum absolute atomic E-state index is 12.6. The zero-order chi connectivity index (χ0) is 18.0. The molecule has 3 rings (SSSR count). The van der Waals surface area contributed by atoms with Crippen molar-refractivity contribution in [2.75, 3.05) is 12.3 Å². The molecular formula is C17H14N4O3S. The van der Waals surface area contributed by atoms with Crippen LogP contribution in [0.5, 0.6) is 0 Å². The Morgan fingerprint density at radius 2 is 2.20 bits per heavy atom. The van der Waals surface area contributed by atoms with Gasteiger partial charge < -0.3 is 10.5 Å². The van der Waals surface area contributed by atoms with Crippen LogP contribution >= 0.6 is 11.3 Å². The van der Waals surface area contributed by atoms with E-state index in [1.54, 1.807) is 31.2 Å². The van der Waals surface area contributed by atoms with Gasteiger partial charge in [-0.3, -0.25) is 9.36 Å². The molecule has 3 aromatic rings. The molecule has 25 heavy (non-hydrogen) atoms. The number of rotatable bonds is 4. The van der Waals surface area contributed by atoms with Gasteiger partial charge in [-0.15, -0.1) is 11.3 Å². The summed E-state index contributed by atoms with van der Waals surface area (Å²) in [5, 5.41) is 10.1. The second-order valence-electron chi connectivity index (χ2n) is 5.18. The van der Waals surface area contributed by atoms with Crippen molar-refractivity contribution in [1.29, 1.82) is 5.26 Å². The van der Waals surface area contributed by atoms with Crippen LogP contribution in [0.2, 0.25) is 0 Å². The Labute approximate surface area is 146 Å². The molecule has 0 aliphatic rings. The zero-order valence-electron chi connectivity index (χ0n) is 13.4. The number of carbonyl (C=O) groups excluding carboxylic acids is 1. The summed E-state index contributed by atoms with van der Waals surface area (Å²) in [4.78, 5) is 29.3. The molecule has 0 saturated carbocycles. The third kappa shape index (κ3) is 2.97. The number of nitrogens with two attached hydrogens (primary N) is 1. The predicted molar refractivity (Wildman–Crippen MR) is 94.5 cm³/mol. The third-order valence-electron chi connectivity index (χ3n) is 3.67. The number of anilines is 1. The molecule has 0 amide bonds. The lowest BCUT2D eigenvalue weighted by molar-refractivity contribution is 0.0531. The van der Waals surface area contributed by atoms with E-state index in [0.717, 1.165) is 11.3 Å². The van der Waals surface area contributed by atoms with Gasteiger partial charge in [-0.05, 0) is 19.1 Å². The highest BCUT2D eigenvalue weighted by molar-refractivity contribution is 7.18. The van der Waals surface area contributed by atoms with Crippen LogP contribution in [0.25, 0.3) is 10.9 Å². The zero-order valence-corrected chi connectivity index (χ0v) is 14.2. The normalized spacial score (nSPS) is 10.6. The van der Waals surface area contributed by atoms with E-state index < -0.39 is 5.97 Å². The summed E-state index contributed by atoms with van der Waals surface area (Å²) in [6, 6.07) is 8.98. The number of hydrogen-bond acceptors (Lipinski definition) is 7. The SMILES string of the molecule is CCOC(=O)c1sc(N)c(C#N)c1Cn1cnc2ccccc2c1=O. The first-order valence-corrected chi connectivity index (χ1v) is 8.31. The topological polar surface area (TPSA) is 111 Å². The Morgan fingerprint density at radius 1 is 1.44 bits per heavy atom. The second-order valence-corrected chi connectivity index (χ2v) is 6.23. The third-order valence-corrected chi connectivity index (χ3v) is 4.71. The molecule has 8 heteroatoms. The first kappa shape index (κ1) is 16.7. The molecule has 0 atom stereocenters. The Bertz CT molecular complexity index is 1060. The lowest BCUT2D eigenvalue weighted by Crippen LogP contribution is -2.22. The van der Waals surface area contributed by atoms with Crippen LogP contribution in [0.1, 0.15) is 27.7 Å². The minimum absolute atomic E-state index is 0.0153. The fourth-order valence-electron chi connectivity index (χ4n) is 2.51. The number of aromatic nitrogens is 2. The van der Waals surface area contributed by atoms with Crippen molar-refractivity contribution in [1.82, 2.24) is 9.55 Å². The summed E-state index contributed by atoms with van der Waals surface area (Å²) in [5.74, 6) is -0.558. The molecule has 0 saturated heterocycles. The van der Waals surface area contributed by atoms with E-state index in [1.807, 2.05) is 6.07 Å². The largest absolute Gasteiger partial charge is 0.462 e. The number of fused-ring (bicyclic) bond motifs is 1. The Morgan fingerprint density at radius 3 is 2.92 bits per heavy atom. The minimum Gasteiger partial charge on any atom is -0.462 e. The molecule has 0 spiro atoms. The summed E-state index contributed by atoms with van der Waals surface area (Å²) in [6.45, 7) is 1.91. The highest BCUT2D eigenvalue weighted by Gasteiger charge is 2.23. The standard InChI is InChI=1S/C17H14N4O3S/c1-2-24-17(23)14-12(11(7-18)15(19)25-14)8-21-9-20-13-6-4-3-5-10(13)16(21)22/h3-6,9H,2,8,19H2,1H3. The Hall–Kier alpha value is -3.18. The summed E-state index contributed by atoms with van der Waals surface area (Å²) in [6.07, 6.45) is 1.40. The van der Waals surface area contributed by atoms with Crippen LogP contribution in [-0.4, -0.2) is 22.1 Å². The van der Waals surface area contributed by atoms with Gasteiger partial charge in [0.1, 0.15) is 15.9 Å². The van der Waals surface area contributed by atoms with Gasteiger partial charge in [0.25, 0.3) is 5.56 Å². The molecular weight excluding hydrogens is 340 g/mol. The van der Waals surface area contributed by atoms with Crippen LogP contribution in [0.15, 0.2) is 35.4 Å². The molecule has 0 fully saturated rings. The number of ether oxygens (including phenoxy) is 1. The molecule has 126 valence electrons. The molecule has 0 aliphatic heterocycles. The number of nitrogen functional groups attached to an aromatic ring is 1. The van der Waals surface area contributed by atoms with Gasteiger partial charge >= 0.3 is 5.97 Å². The van der Waals surface area contributed by atoms with E-state index in [4.69, 9.17) is 10.5 Å². The van der Waals surface area contributed by atoms with E-state index in [2.05, 4.69) is 4.98 Å². The number of hydrogen-bond donors (Lipinski definition) is 1. The fourth-order valence-corrected chi connectivity index (χ4v) is 3.43. The average Bonchev–Trinajstić information content (AvgIpc) is 2.93. The van der Waals surface area contributed by atoms with Crippen molar-refractivity contribution in [3.8, 4) is 6.07 Å². The monoisotopic (exact) mass is 354 g/mol. The lowest BCUT2D eigenvalue weighted by atomic mass is 10.1. The molecule has 0 bridgehead atoms. The molecule has 0 aliphatic carbocycles. The first-order valence-electron chi connectivity index (χ1n) is 7.49. The predicted octanol–water partition coefficient (Wildman–Crippen LogP) is 2.14. The fraction of sp³-hybridized carbons (Fsp3) is 0.176. The number of thiophene rings is 1. The molecule has 2 aromatic heterocycles. The number of esters is 1. The van der Waals surface area contributed by atoms with Gasteiger partial charge in [-0.1, -0.05) is 12.1 Å². The van der Waals surface area contributed by atoms with Crippen LogP contribution in [0.3, 0.4) is 0 Å². The van der Waals surface area contributed by atoms with Gasteiger partial charge in [-0.25, -0.2) is 9.78 Å². The van der Waals surface area contributed by atoms with Gasteiger partial charge in [0, 0.05) is 5.56 Å². The van der Waals surface area contributed by atoms with Crippen LogP contribution in [-0.2, 0) is 11.3 Å². The summed E-state index contributed by atoms with van der Waals surface area (Å²) in [5.41, 5.74) is 6.75. The summed E-state index contributed by atoms with van der Waals surface area (Å²) in [7, 11) is 0. The van der Waals surface area contributed by atoms with Crippen molar-refractivity contribution in [2.24, 2.45) is 0 Å².